The molecule has 0 fully saturated rings. The molecular weight excluding hydrogens is 256 g/mol. The third kappa shape index (κ3) is 4.82. The lowest BCUT2D eigenvalue weighted by Crippen LogP contribution is -2.50. The highest BCUT2D eigenvalue weighted by Gasteiger charge is 2.42. The van der Waals surface area contributed by atoms with Crippen molar-refractivity contribution in [3.63, 3.8) is 0 Å². The number of alkyl carbamates (subject to hydrolysis) is 1. The molecule has 100 valence electrons. The summed E-state index contributed by atoms with van der Waals surface area (Å²) in [6.45, 7) is 1.39. The average molecular weight is 264 g/mol. The highest BCUT2D eigenvalue weighted by molar-refractivity contribution is 6.01. The SMILES string of the molecule is CCOC(=O)NC(=O)NC(=O)C([N+](=O)[O-])[N+](=O)[O-]. The van der Waals surface area contributed by atoms with Gasteiger partial charge in [-0.1, -0.05) is 0 Å². The molecule has 0 saturated carbocycles. The Bertz CT molecular complexity index is 379. The molecule has 0 unspecified atom stereocenters. The van der Waals surface area contributed by atoms with Gasteiger partial charge in [-0.25, -0.2) is 14.9 Å². The van der Waals surface area contributed by atoms with Crippen molar-refractivity contribution >= 4 is 18.0 Å². The van der Waals surface area contributed by atoms with Crippen LogP contribution in [-0.2, 0) is 9.53 Å². The van der Waals surface area contributed by atoms with Crippen LogP contribution in [0.15, 0.2) is 0 Å². The van der Waals surface area contributed by atoms with Gasteiger partial charge in [0.05, 0.1) is 6.61 Å². The first-order valence-corrected chi connectivity index (χ1v) is 4.35. The molecule has 12 nitrogen and oxygen atoms in total. The number of nitrogens with zero attached hydrogens (tertiary/aromatic N) is 2. The van der Waals surface area contributed by atoms with E-state index in [1.54, 1.807) is 0 Å². The van der Waals surface area contributed by atoms with Crippen LogP contribution >= 0.6 is 0 Å². The zero-order valence-corrected chi connectivity index (χ0v) is 8.94. The number of hydrogen-bond donors (Lipinski definition) is 2. The number of urea groups is 1. The second-order valence-corrected chi connectivity index (χ2v) is 2.61. The molecule has 18 heavy (non-hydrogen) atoms. The first-order valence-electron chi connectivity index (χ1n) is 4.35. The van der Waals surface area contributed by atoms with Crippen molar-refractivity contribution in [2.24, 2.45) is 0 Å². The second-order valence-electron chi connectivity index (χ2n) is 2.61. The maximum Gasteiger partial charge on any atom is 0.527 e. The van der Waals surface area contributed by atoms with Crippen molar-refractivity contribution in [2.75, 3.05) is 6.61 Å². The van der Waals surface area contributed by atoms with E-state index in [1.165, 1.54) is 17.6 Å². The topological polar surface area (TPSA) is 171 Å². The minimum absolute atomic E-state index is 0.0561. The van der Waals surface area contributed by atoms with E-state index in [0.717, 1.165) is 0 Å². The Morgan fingerprint density at radius 2 is 1.67 bits per heavy atom. The van der Waals surface area contributed by atoms with Gasteiger partial charge in [-0.05, 0) is 6.92 Å². The smallest absolute Gasteiger partial charge is 0.450 e. The normalized spacial score (nSPS) is 9.44. The van der Waals surface area contributed by atoms with Gasteiger partial charge in [0.2, 0.25) is 0 Å². The van der Waals surface area contributed by atoms with Gasteiger partial charge >= 0.3 is 24.2 Å². The van der Waals surface area contributed by atoms with Gasteiger partial charge < -0.3 is 4.74 Å². The Labute approximate surface area is 98.6 Å². The largest absolute Gasteiger partial charge is 0.527 e. The summed E-state index contributed by atoms with van der Waals surface area (Å²) < 4.78 is 4.26. The van der Waals surface area contributed by atoms with Gasteiger partial charge in [0.15, 0.2) is 0 Å². The number of nitro groups is 2. The van der Waals surface area contributed by atoms with E-state index >= 15 is 0 Å². The molecule has 0 atom stereocenters. The van der Waals surface area contributed by atoms with Crippen molar-refractivity contribution in [3.8, 4) is 0 Å². The fourth-order valence-electron chi connectivity index (χ4n) is 0.736. The van der Waals surface area contributed by atoms with Gasteiger partial charge in [0, 0.05) is 0 Å². The zero-order chi connectivity index (χ0) is 14.3. The van der Waals surface area contributed by atoms with Crippen molar-refractivity contribution in [1.29, 1.82) is 0 Å². The van der Waals surface area contributed by atoms with E-state index in [-0.39, 0.29) is 6.61 Å². The minimum atomic E-state index is -2.84. The fraction of sp³-hybridized carbons (Fsp3) is 0.500. The Morgan fingerprint density at radius 1 is 1.17 bits per heavy atom. The summed E-state index contributed by atoms with van der Waals surface area (Å²) >= 11 is 0. The van der Waals surface area contributed by atoms with Crippen molar-refractivity contribution in [2.45, 2.75) is 13.1 Å². The third-order valence-corrected chi connectivity index (χ3v) is 1.36. The molecule has 4 amide bonds. The molecule has 12 heteroatoms. The molecule has 0 spiro atoms. The molecule has 0 bridgehead atoms. The predicted molar refractivity (Wildman–Crippen MR) is 51.5 cm³/mol. The van der Waals surface area contributed by atoms with Crippen LogP contribution in [0.1, 0.15) is 6.92 Å². The molecule has 0 rings (SSSR count). The monoisotopic (exact) mass is 264 g/mol. The third-order valence-electron chi connectivity index (χ3n) is 1.36. The van der Waals surface area contributed by atoms with Crippen molar-refractivity contribution in [1.82, 2.24) is 10.6 Å². The highest BCUT2D eigenvalue weighted by atomic mass is 16.7. The summed E-state index contributed by atoms with van der Waals surface area (Å²) in [4.78, 5) is 49.9. The molecule has 0 saturated heterocycles. The van der Waals surface area contributed by atoms with E-state index in [4.69, 9.17) is 0 Å². The summed E-state index contributed by atoms with van der Waals surface area (Å²) in [6, 6.07) is -1.47. The Balaban J connectivity index is 4.47. The summed E-state index contributed by atoms with van der Waals surface area (Å²) in [7, 11) is 0. The van der Waals surface area contributed by atoms with Gasteiger partial charge in [-0.3, -0.25) is 30.3 Å². The van der Waals surface area contributed by atoms with Gasteiger partial charge in [-0.2, -0.15) is 0 Å². The minimum Gasteiger partial charge on any atom is -0.450 e. The number of amides is 4. The molecule has 0 aliphatic heterocycles. The van der Waals surface area contributed by atoms with Crippen LogP contribution in [-0.4, -0.2) is 40.7 Å². The number of carbonyl (C=O) groups excluding carboxylic acids is 3. The van der Waals surface area contributed by atoms with Gasteiger partial charge in [0.1, 0.15) is 9.85 Å². The standard InChI is InChI=1S/C6H8N4O8/c1-2-18-6(13)8-5(12)7-3(11)4(9(14)15)10(16)17/h4H,2H2,1H3,(H2,7,8,11,12,13). The molecule has 0 aromatic rings. The second kappa shape index (κ2) is 6.72. The van der Waals surface area contributed by atoms with E-state index in [0.29, 0.717) is 0 Å². The lowest BCUT2D eigenvalue weighted by molar-refractivity contribution is -0.723. The molecular formula is C6H8N4O8. The van der Waals surface area contributed by atoms with E-state index in [2.05, 4.69) is 4.74 Å². The summed E-state index contributed by atoms with van der Waals surface area (Å²) in [5.74, 6) is -1.79. The molecule has 0 radical (unpaired) electrons. The van der Waals surface area contributed by atoms with E-state index in [1.807, 2.05) is 0 Å². The van der Waals surface area contributed by atoms with Crippen LogP contribution in [0.4, 0.5) is 9.59 Å². The Kier molecular flexibility index (Phi) is 5.68. The van der Waals surface area contributed by atoms with Crippen LogP contribution in [0, 0.1) is 20.2 Å². The summed E-state index contributed by atoms with van der Waals surface area (Å²) in [6.07, 6.45) is -4.04. The molecule has 0 aliphatic carbocycles. The quantitative estimate of drug-likeness (QED) is 0.363. The highest BCUT2D eigenvalue weighted by Crippen LogP contribution is 1.91. The van der Waals surface area contributed by atoms with Crippen molar-refractivity contribution < 1.29 is 29.0 Å². The molecule has 0 aromatic heterocycles. The van der Waals surface area contributed by atoms with Crippen LogP contribution in [0.5, 0.6) is 0 Å². The maximum atomic E-state index is 11.0. The summed E-state index contributed by atoms with van der Waals surface area (Å²) in [5, 5.41) is 23.1. The number of hydrogen-bond acceptors (Lipinski definition) is 8. The number of imide groups is 2. The first-order chi connectivity index (χ1) is 8.29. The Morgan fingerprint density at radius 3 is 2.06 bits per heavy atom. The molecule has 2 N–H and O–H groups in total. The Hall–Kier alpha value is -2.79. The number of carbonyl (C=O) groups is 3. The maximum absolute atomic E-state index is 11.0. The number of ether oxygens (including phenoxy) is 1. The zero-order valence-electron chi connectivity index (χ0n) is 8.94. The first kappa shape index (κ1) is 15.2. The van der Waals surface area contributed by atoms with Gasteiger partial charge in [0.25, 0.3) is 0 Å². The van der Waals surface area contributed by atoms with Gasteiger partial charge in [-0.15, -0.1) is 0 Å². The predicted octanol–water partition coefficient (Wildman–Crippen LogP) is -1.15. The molecule has 0 aliphatic rings. The molecule has 0 aromatic carbocycles. The lowest BCUT2D eigenvalue weighted by Gasteiger charge is -2.05. The van der Waals surface area contributed by atoms with Crippen LogP contribution in [0.3, 0.4) is 0 Å². The number of rotatable bonds is 4. The van der Waals surface area contributed by atoms with Crippen LogP contribution in [0.2, 0.25) is 0 Å². The van der Waals surface area contributed by atoms with Crippen LogP contribution in [0.25, 0.3) is 0 Å². The van der Waals surface area contributed by atoms with E-state index < -0.39 is 34.0 Å². The average Bonchev–Trinajstić information content (AvgIpc) is 2.14. The number of nitrogens with one attached hydrogen (secondary N) is 2. The van der Waals surface area contributed by atoms with Crippen LogP contribution < -0.4 is 10.6 Å². The van der Waals surface area contributed by atoms with E-state index in [9.17, 15) is 34.6 Å². The fourth-order valence-corrected chi connectivity index (χ4v) is 0.736. The molecule has 0 heterocycles. The summed E-state index contributed by atoms with van der Waals surface area (Å²) in [5.41, 5.74) is 0. The lowest BCUT2D eigenvalue weighted by atomic mass is 10.5. The van der Waals surface area contributed by atoms with Crippen molar-refractivity contribution in [3.05, 3.63) is 20.2 Å².